The van der Waals surface area contributed by atoms with Crippen LogP contribution in [0.2, 0.25) is 0 Å². The van der Waals surface area contributed by atoms with Crippen LogP contribution in [0, 0.1) is 0 Å². The number of ether oxygens (including phenoxy) is 1. The van der Waals surface area contributed by atoms with Crippen molar-refractivity contribution >= 4 is 0 Å². The second-order valence-electron chi connectivity index (χ2n) is 5.17. The molecule has 0 spiro atoms. The Bertz CT molecular complexity index is 556. The van der Waals surface area contributed by atoms with Crippen LogP contribution in [0.25, 0.3) is 11.4 Å². The molecule has 1 N–H and O–H groups in total. The molecule has 0 aliphatic heterocycles. The Morgan fingerprint density at radius 3 is 2.67 bits per heavy atom. The predicted molar refractivity (Wildman–Crippen MR) is 80.7 cm³/mol. The maximum absolute atomic E-state index is 9.74. The van der Waals surface area contributed by atoms with Gasteiger partial charge >= 0.3 is 0 Å². The fourth-order valence-electron chi connectivity index (χ4n) is 2.25. The summed E-state index contributed by atoms with van der Waals surface area (Å²) >= 11 is 0. The summed E-state index contributed by atoms with van der Waals surface area (Å²) in [5.41, 5.74) is 1.04. The lowest BCUT2D eigenvalue weighted by Crippen LogP contribution is -2.32. The van der Waals surface area contributed by atoms with Crippen molar-refractivity contribution in [1.82, 2.24) is 19.7 Å². The Kier molecular flexibility index (Phi) is 5.44. The molecular formula is C15H22N4O2. The zero-order valence-corrected chi connectivity index (χ0v) is 12.7. The third-order valence-electron chi connectivity index (χ3n) is 3.29. The van der Waals surface area contributed by atoms with Crippen LogP contribution in [0.15, 0.2) is 30.3 Å². The molecule has 21 heavy (non-hydrogen) atoms. The second kappa shape index (κ2) is 7.31. The van der Waals surface area contributed by atoms with E-state index in [9.17, 15) is 5.11 Å². The van der Waals surface area contributed by atoms with Gasteiger partial charge in [-0.1, -0.05) is 30.3 Å². The number of aromatic nitrogens is 3. The third kappa shape index (κ3) is 4.10. The maximum Gasteiger partial charge on any atom is 0.163 e. The molecule has 1 atom stereocenters. The largest absolute Gasteiger partial charge is 0.389 e. The predicted octanol–water partition coefficient (Wildman–Crippen LogP) is 0.921. The quantitative estimate of drug-likeness (QED) is 0.821. The number of likely N-dealkylation sites (N-methyl/N-ethyl adjacent to an activating group) is 1. The van der Waals surface area contributed by atoms with Crippen LogP contribution in [-0.4, -0.2) is 58.2 Å². The molecule has 0 amide bonds. The van der Waals surface area contributed by atoms with Gasteiger partial charge in [0.05, 0.1) is 19.3 Å². The number of methoxy groups -OCH3 is 1. The number of benzene rings is 1. The minimum atomic E-state index is -0.498. The molecular weight excluding hydrogens is 268 g/mol. The first-order valence-electron chi connectivity index (χ1n) is 6.91. The fourth-order valence-corrected chi connectivity index (χ4v) is 2.25. The first-order chi connectivity index (χ1) is 10.1. The van der Waals surface area contributed by atoms with Gasteiger partial charge in [0.25, 0.3) is 0 Å². The van der Waals surface area contributed by atoms with Crippen molar-refractivity contribution in [2.75, 3.05) is 27.3 Å². The number of aliphatic hydroxyl groups is 1. The number of hydrogen-bond donors (Lipinski definition) is 1. The minimum absolute atomic E-state index is 0.332. The van der Waals surface area contributed by atoms with E-state index in [-0.39, 0.29) is 0 Å². The Labute approximate surface area is 125 Å². The molecule has 6 heteroatoms. The van der Waals surface area contributed by atoms with Gasteiger partial charge in [0.2, 0.25) is 0 Å². The lowest BCUT2D eigenvalue weighted by molar-refractivity contribution is 0.0412. The van der Waals surface area contributed by atoms with E-state index >= 15 is 0 Å². The molecule has 0 fully saturated rings. The first-order valence-corrected chi connectivity index (χ1v) is 6.91. The SMILES string of the molecule is COCC(O)CN(C)Cc1nnc(-c2ccccc2)n1C. The highest BCUT2D eigenvalue weighted by Crippen LogP contribution is 2.17. The van der Waals surface area contributed by atoms with Gasteiger partial charge in [-0.05, 0) is 7.05 Å². The lowest BCUT2D eigenvalue weighted by atomic mass is 10.2. The summed E-state index contributed by atoms with van der Waals surface area (Å²) in [7, 11) is 5.48. The van der Waals surface area contributed by atoms with Crippen LogP contribution in [0.3, 0.4) is 0 Å². The van der Waals surface area contributed by atoms with Crippen LogP contribution in [0.1, 0.15) is 5.82 Å². The summed E-state index contributed by atoms with van der Waals surface area (Å²) in [6.45, 7) is 1.48. The molecule has 1 heterocycles. The van der Waals surface area contributed by atoms with Crippen molar-refractivity contribution in [1.29, 1.82) is 0 Å². The van der Waals surface area contributed by atoms with Gasteiger partial charge in [0, 0.05) is 26.3 Å². The highest BCUT2D eigenvalue weighted by atomic mass is 16.5. The van der Waals surface area contributed by atoms with Crippen molar-refractivity contribution in [2.45, 2.75) is 12.6 Å². The monoisotopic (exact) mass is 290 g/mol. The van der Waals surface area contributed by atoms with E-state index in [4.69, 9.17) is 4.74 Å². The van der Waals surface area contributed by atoms with Crippen LogP contribution >= 0.6 is 0 Å². The molecule has 114 valence electrons. The highest BCUT2D eigenvalue weighted by molar-refractivity contribution is 5.54. The zero-order valence-electron chi connectivity index (χ0n) is 12.7. The normalized spacial score (nSPS) is 12.8. The third-order valence-corrected chi connectivity index (χ3v) is 3.29. The van der Waals surface area contributed by atoms with Gasteiger partial charge in [-0.25, -0.2) is 0 Å². The summed E-state index contributed by atoms with van der Waals surface area (Å²) < 4.78 is 6.91. The van der Waals surface area contributed by atoms with E-state index in [0.29, 0.717) is 19.7 Å². The fraction of sp³-hybridized carbons (Fsp3) is 0.467. The van der Waals surface area contributed by atoms with Crippen LogP contribution < -0.4 is 0 Å². The van der Waals surface area contributed by atoms with Gasteiger partial charge in [0.1, 0.15) is 5.82 Å². The summed E-state index contributed by atoms with van der Waals surface area (Å²) in [5.74, 6) is 1.71. The summed E-state index contributed by atoms with van der Waals surface area (Å²) in [4.78, 5) is 2.00. The number of rotatable bonds is 7. The number of hydrogen-bond acceptors (Lipinski definition) is 5. The van der Waals surface area contributed by atoms with Crippen LogP contribution in [-0.2, 0) is 18.3 Å². The molecule has 2 rings (SSSR count). The van der Waals surface area contributed by atoms with Gasteiger partial charge in [-0.3, -0.25) is 4.90 Å². The molecule has 0 bridgehead atoms. The topological polar surface area (TPSA) is 63.4 Å². The van der Waals surface area contributed by atoms with Gasteiger partial charge in [-0.2, -0.15) is 0 Å². The van der Waals surface area contributed by atoms with Gasteiger partial charge < -0.3 is 14.4 Å². The molecule has 0 radical (unpaired) electrons. The van der Waals surface area contributed by atoms with Crippen molar-refractivity contribution < 1.29 is 9.84 Å². The first kappa shape index (κ1) is 15.6. The minimum Gasteiger partial charge on any atom is -0.389 e. The number of nitrogens with zero attached hydrogens (tertiary/aromatic N) is 4. The van der Waals surface area contributed by atoms with Gasteiger partial charge in [0.15, 0.2) is 5.82 Å². The van der Waals surface area contributed by atoms with E-state index in [1.165, 1.54) is 0 Å². The molecule has 1 aromatic heterocycles. The standard InChI is InChI=1S/C15H22N4O2/c1-18(9-13(20)11-21-3)10-14-16-17-15(19(14)2)12-7-5-4-6-8-12/h4-8,13,20H,9-11H2,1-3H3. The molecule has 0 saturated heterocycles. The maximum atomic E-state index is 9.74. The van der Waals surface area contributed by atoms with Crippen molar-refractivity contribution in [3.05, 3.63) is 36.2 Å². The second-order valence-corrected chi connectivity index (χ2v) is 5.17. The van der Waals surface area contributed by atoms with E-state index < -0.39 is 6.10 Å². The van der Waals surface area contributed by atoms with E-state index in [0.717, 1.165) is 17.2 Å². The van der Waals surface area contributed by atoms with Crippen molar-refractivity contribution in [3.63, 3.8) is 0 Å². The molecule has 2 aromatic rings. The molecule has 1 unspecified atom stereocenters. The van der Waals surface area contributed by atoms with Crippen molar-refractivity contribution in [2.24, 2.45) is 7.05 Å². The van der Waals surface area contributed by atoms with Crippen molar-refractivity contribution in [3.8, 4) is 11.4 Å². The van der Waals surface area contributed by atoms with E-state index in [1.54, 1.807) is 7.11 Å². The Balaban J connectivity index is 2.04. The molecule has 6 nitrogen and oxygen atoms in total. The van der Waals surface area contributed by atoms with Crippen LogP contribution in [0.4, 0.5) is 0 Å². The molecule has 0 saturated carbocycles. The molecule has 0 aliphatic rings. The van der Waals surface area contributed by atoms with E-state index in [1.807, 2.05) is 53.9 Å². The Morgan fingerprint density at radius 1 is 1.29 bits per heavy atom. The smallest absolute Gasteiger partial charge is 0.163 e. The average molecular weight is 290 g/mol. The highest BCUT2D eigenvalue weighted by Gasteiger charge is 2.14. The summed E-state index contributed by atoms with van der Waals surface area (Å²) in [6, 6.07) is 9.97. The van der Waals surface area contributed by atoms with Gasteiger partial charge in [-0.15, -0.1) is 10.2 Å². The van der Waals surface area contributed by atoms with Crippen LogP contribution in [0.5, 0.6) is 0 Å². The Morgan fingerprint density at radius 2 is 2.00 bits per heavy atom. The summed E-state index contributed by atoms with van der Waals surface area (Å²) in [5, 5.41) is 18.2. The molecule has 0 aliphatic carbocycles. The summed E-state index contributed by atoms with van der Waals surface area (Å²) in [6.07, 6.45) is -0.498. The zero-order chi connectivity index (χ0) is 15.2. The molecule has 1 aromatic carbocycles. The lowest BCUT2D eigenvalue weighted by Gasteiger charge is -2.19. The average Bonchev–Trinajstić information content (AvgIpc) is 2.81. The van der Waals surface area contributed by atoms with E-state index in [2.05, 4.69) is 10.2 Å². The number of aliphatic hydroxyl groups excluding tert-OH is 1. The Hall–Kier alpha value is -1.76.